The van der Waals surface area contributed by atoms with E-state index < -0.39 is 22.1 Å². The van der Waals surface area contributed by atoms with Crippen molar-refractivity contribution in [1.29, 1.82) is 0 Å². The van der Waals surface area contributed by atoms with Crippen LogP contribution in [0.4, 0.5) is 0 Å². The fourth-order valence-electron chi connectivity index (χ4n) is 2.72. The van der Waals surface area contributed by atoms with Crippen LogP contribution < -0.4 is 5.11 Å². The minimum absolute atomic E-state index is 0.0523. The second-order valence-electron chi connectivity index (χ2n) is 5.61. The number of carbonyl (C=O) groups is 1. The van der Waals surface area contributed by atoms with Gasteiger partial charge in [-0.15, -0.1) is 0 Å². The van der Waals surface area contributed by atoms with Gasteiger partial charge < -0.3 is 9.90 Å². The van der Waals surface area contributed by atoms with Crippen LogP contribution >= 0.6 is 0 Å². The number of hydrogen-bond acceptors (Lipinski definition) is 4. The summed E-state index contributed by atoms with van der Waals surface area (Å²) in [5, 5.41) is 10.9. The van der Waals surface area contributed by atoms with Crippen LogP contribution in [0.2, 0.25) is 0 Å². The molecule has 2 aliphatic rings. The Morgan fingerprint density at radius 2 is 1.74 bits per heavy atom. The first kappa shape index (κ1) is 14.7. The summed E-state index contributed by atoms with van der Waals surface area (Å²) < 4.78 is 27.7. The van der Waals surface area contributed by atoms with Crippen LogP contribution in [-0.2, 0) is 15.0 Å². The van der Waals surface area contributed by atoms with Gasteiger partial charge in [-0.1, -0.05) is 6.92 Å². The van der Waals surface area contributed by atoms with Crippen LogP contribution in [0.1, 0.15) is 32.6 Å². The SMILES string of the molecule is CC1CCN(S(=O)(=O)N2CCCC(C(=O)[O-])C2)CC1. The summed E-state index contributed by atoms with van der Waals surface area (Å²) >= 11 is 0. The Labute approximate surface area is 114 Å². The molecule has 2 heterocycles. The second kappa shape index (κ2) is 5.76. The zero-order valence-electron chi connectivity index (χ0n) is 11.2. The number of rotatable bonds is 3. The molecule has 2 rings (SSSR count). The van der Waals surface area contributed by atoms with Gasteiger partial charge in [0.2, 0.25) is 0 Å². The summed E-state index contributed by atoms with van der Waals surface area (Å²) in [5.41, 5.74) is 0. The molecule has 0 N–H and O–H groups in total. The minimum atomic E-state index is -3.50. The molecule has 0 aromatic carbocycles. The summed E-state index contributed by atoms with van der Waals surface area (Å²) in [6, 6.07) is 0. The van der Waals surface area contributed by atoms with Gasteiger partial charge in [0.25, 0.3) is 10.2 Å². The van der Waals surface area contributed by atoms with Crippen LogP contribution in [0.25, 0.3) is 0 Å². The Hall–Kier alpha value is -0.660. The highest BCUT2D eigenvalue weighted by molar-refractivity contribution is 7.86. The summed E-state index contributed by atoms with van der Waals surface area (Å²) in [7, 11) is -3.50. The molecule has 0 amide bonds. The van der Waals surface area contributed by atoms with Gasteiger partial charge in [-0.05, 0) is 31.6 Å². The molecule has 2 aliphatic heterocycles. The fraction of sp³-hybridized carbons (Fsp3) is 0.917. The van der Waals surface area contributed by atoms with Gasteiger partial charge in [0.05, 0.1) is 0 Å². The Kier molecular flexibility index (Phi) is 4.47. The molecule has 0 radical (unpaired) electrons. The van der Waals surface area contributed by atoms with Gasteiger partial charge in [-0.2, -0.15) is 17.0 Å². The van der Waals surface area contributed by atoms with E-state index in [1.165, 1.54) is 8.61 Å². The molecule has 0 aliphatic carbocycles. The molecule has 1 unspecified atom stereocenters. The van der Waals surface area contributed by atoms with Crippen LogP contribution in [0.3, 0.4) is 0 Å². The van der Waals surface area contributed by atoms with E-state index in [9.17, 15) is 18.3 Å². The van der Waals surface area contributed by atoms with Crippen molar-refractivity contribution in [3.63, 3.8) is 0 Å². The lowest BCUT2D eigenvalue weighted by atomic mass is 10.0. The maximum Gasteiger partial charge on any atom is 0.281 e. The maximum absolute atomic E-state index is 12.5. The number of aliphatic carboxylic acids is 1. The molecule has 6 nitrogen and oxygen atoms in total. The first-order valence-electron chi connectivity index (χ1n) is 6.87. The molecule has 110 valence electrons. The number of hydrogen-bond donors (Lipinski definition) is 0. The second-order valence-corrected chi connectivity index (χ2v) is 7.53. The summed E-state index contributed by atoms with van der Waals surface area (Å²) in [6.45, 7) is 3.66. The van der Waals surface area contributed by atoms with Gasteiger partial charge in [0.15, 0.2) is 0 Å². The van der Waals surface area contributed by atoms with Crippen molar-refractivity contribution in [1.82, 2.24) is 8.61 Å². The monoisotopic (exact) mass is 289 g/mol. The minimum Gasteiger partial charge on any atom is -0.550 e. The third kappa shape index (κ3) is 3.27. The Bertz CT molecular complexity index is 429. The van der Waals surface area contributed by atoms with Crippen molar-refractivity contribution < 1.29 is 18.3 Å². The van der Waals surface area contributed by atoms with E-state index in [4.69, 9.17) is 0 Å². The van der Waals surface area contributed by atoms with Crippen LogP contribution in [-0.4, -0.2) is 49.2 Å². The lowest BCUT2D eigenvalue weighted by Crippen LogP contribution is -2.52. The number of carboxylic acids is 1. The van der Waals surface area contributed by atoms with E-state index in [1.54, 1.807) is 0 Å². The van der Waals surface area contributed by atoms with Gasteiger partial charge in [-0.3, -0.25) is 0 Å². The van der Waals surface area contributed by atoms with Gasteiger partial charge in [-0.25, -0.2) is 0 Å². The Morgan fingerprint density at radius 3 is 2.32 bits per heavy atom. The maximum atomic E-state index is 12.5. The highest BCUT2D eigenvalue weighted by atomic mass is 32.2. The van der Waals surface area contributed by atoms with Crippen molar-refractivity contribution in [2.24, 2.45) is 11.8 Å². The molecular formula is C12H21N2O4S-. The standard InChI is InChI=1S/C12H22N2O4S/c1-10-4-7-13(8-5-10)19(17,18)14-6-2-3-11(9-14)12(15)16/h10-11H,2-9H2,1H3,(H,15,16)/p-1. The third-order valence-electron chi connectivity index (χ3n) is 4.11. The van der Waals surface area contributed by atoms with E-state index in [0.29, 0.717) is 38.4 Å². The summed E-state index contributed by atoms with van der Waals surface area (Å²) in [6.07, 6.45) is 2.83. The quantitative estimate of drug-likeness (QED) is 0.696. The zero-order valence-corrected chi connectivity index (χ0v) is 12.1. The highest BCUT2D eigenvalue weighted by Gasteiger charge is 2.35. The lowest BCUT2D eigenvalue weighted by Gasteiger charge is -2.37. The first-order chi connectivity index (χ1) is 8.91. The van der Waals surface area contributed by atoms with E-state index in [2.05, 4.69) is 6.92 Å². The van der Waals surface area contributed by atoms with Crippen molar-refractivity contribution in [2.75, 3.05) is 26.2 Å². The molecule has 0 spiro atoms. The molecule has 0 aromatic rings. The number of piperidine rings is 2. The smallest absolute Gasteiger partial charge is 0.281 e. The molecule has 0 aromatic heterocycles. The van der Waals surface area contributed by atoms with E-state index in [1.807, 2.05) is 0 Å². The summed E-state index contributed by atoms with van der Waals surface area (Å²) in [4.78, 5) is 10.9. The van der Waals surface area contributed by atoms with Gasteiger partial charge in [0.1, 0.15) is 0 Å². The molecule has 1 atom stereocenters. The topological polar surface area (TPSA) is 80.8 Å². The summed E-state index contributed by atoms with van der Waals surface area (Å²) in [5.74, 6) is -1.26. The first-order valence-corrected chi connectivity index (χ1v) is 8.27. The van der Waals surface area contributed by atoms with E-state index in [-0.39, 0.29) is 6.54 Å². The molecule has 0 saturated carbocycles. The molecule has 0 bridgehead atoms. The Morgan fingerprint density at radius 1 is 1.11 bits per heavy atom. The molecular weight excluding hydrogens is 268 g/mol. The Balaban J connectivity index is 2.04. The van der Waals surface area contributed by atoms with Crippen molar-refractivity contribution >= 4 is 16.2 Å². The number of carboxylic acid groups (broad SMARTS) is 1. The number of nitrogens with zero attached hydrogens (tertiary/aromatic N) is 2. The van der Waals surface area contributed by atoms with Crippen molar-refractivity contribution in [3.8, 4) is 0 Å². The average molecular weight is 289 g/mol. The molecule has 2 saturated heterocycles. The molecule has 2 fully saturated rings. The normalized spacial score (nSPS) is 28.4. The van der Waals surface area contributed by atoms with E-state index >= 15 is 0 Å². The van der Waals surface area contributed by atoms with Crippen molar-refractivity contribution in [2.45, 2.75) is 32.6 Å². The van der Waals surface area contributed by atoms with Crippen LogP contribution in [0, 0.1) is 11.8 Å². The van der Waals surface area contributed by atoms with Gasteiger partial charge in [0, 0.05) is 38.1 Å². The highest BCUT2D eigenvalue weighted by Crippen LogP contribution is 2.24. The zero-order chi connectivity index (χ0) is 14.0. The predicted octanol–water partition coefficient (Wildman–Crippen LogP) is -0.575. The molecule has 19 heavy (non-hydrogen) atoms. The fourth-order valence-corrected chi connectivity index (χ4v) is 4.45. The van der Waals surface area contributed by atoms with Crippen LogP contribution in [0.15, 0.2) is 0 Å². The number of carbonyl (C=O) groups excluding carboxylic acids is 1. The van der Waals surface area contributed by atoms with E-state index in [0.717, 1.165) is 12.8 Å². The third-order valence-corrected chi connectivity index (χ3v) is 6.11. The largest absolute Gasteiger partial charge is 0.550 e. The van der Waals surface area contributed by atoms with Gasteiger partial charge >= 0.3 is 0 Å². The van der Waals surface area contributed by atoms with Crippen LogP contribution in [0.5, 0.6) is 0 Å². The molecule has 7 heteroatoms. The average Bonchev–Trinajstić information content (AvgIpc) is 2.39. The lowest BCUT2D eigenvalue weighted by molar-refractivity contribution is -0.312. The predicted molar refractivity (Wildman–Crippen MR) is 68.2 cm³/mol. The van der Waals surface area contributed by atoms with Crippen molar-refractivity contribution in [3.05, 3.63) is 0 Å².